The number of ether oxygens (including phenoxy) is 2. The molecule has 0 spiro atoms. The van der Waals surface area contributed by atoms with E-state index in [1.54, 1.807) is 22.5 Å². The fraction of sp³-hybridized carbons (Fsp3) is 0.269. The van der Waals surface area contributed by atoms with Crippen LogP contribution >= 0.6 is 11.8 Å². The van der Waals surface area contributed by atoms with Gasteiger partial charge in [0.1, 0.15) is 25.0 Å². The first-order valence-electron chi connectivity index (χ1n) is 11.2. The van der Waals surface area contributed by atoms with Crippen molar-refractivity contribution in [3.8, 4) is 5.75 Å². The molecule has 0 amide bonds. The van der Waals surface area contributed by atoms with Gasteiger partial charge in [0, 0.05) is 11.4 Å². The number of hydrogen-bond donors (Lipinski definition) is 1. The molecule has 0 saturated carbocycles. The number of rotatable bonds is 10. The summed E-state index contributed by atoms with van der Waals surface area (Å²) in [6.45, 7) is 8.23. The predicted molar refractivity (Wildman–Crippen MR) is 134 cm³/mol. The molecule has 3 aromatic rings. The predicted octanol–water partition coefficient (Wildman–Crippen LogP) is 5.38. The molecule has 2 aromatic carbocycles. The Bertz CT molecular complexity index is 1170. The molecule has 1 aliphatic rings. The fourth-order valence-electron chi connectivity index (χ4n) is 3.66. The second-order valence-corrected chi connectivity index (χ2v) is 8.87. The van der Waals surface area contributed by atoms with E-state index in [0.717, 1.165) is 29.1 Å². The molecule has 0 bridgehead atoms. The standard InChI is InChI=1S/C26H28N4O3S/c1-4-15-32-24(31)22-18(3)27-25-28-26(34-16-5-2)29-30(25)23(22)20-11-13-21(14-12-20)33-17-19-9-7-6-8-10-19/h4,6-14,23H,1,5,15-17H2,2-3H3,(H,27,28,29). The molecular formula is C26H28N4O3S. The maximum Gasteiger partial charge on any atom is 0.338 e. The van der Waals surface area contributed by atoms with Gasteiger partial charge in [0.2, 0.25) is 11.1 Å². The maximum absolute atomic E-state index is 13.0. The number of nitrogens with zero attached hydrogens (tertiary/aromatic N) is 3. The van der Waals surface area contributed by atoms with Gasteiger partial charge in [-0.05, 0) is 36.6 Å². The lowest BCUT2D eigenvalue weighted by atomic mass is 9.96. The summed E-state index contributed by atoms with van der Waals surface area (Å²) in [5, 5.41) is 8.59. The van der Waals surface area contributed by atoms with Crippen LogP contribution in [0.15, 0.2) is 83.7 Å². The summed E-state index contributed by atoms with van der Waals surface area (Å²) >= 11 is 1.59. The summed E-state index contributed by atoms with van der Waals surface area (Å²) in [5.41, 5.74) is 3.16. The van der Waals surface area contributed by atoms with E-state index >= 15 is 0 Å². The molecule has 176 valence electrons. The maximum atomic E-state index is 13.0. The number of benzene rings is 2. The highest BCUT2D eigenvalue weighted by Gasteiger charge is 2.35. The molecule has 2 heterocycles. The quantitative estimate of drug-likeness (QED) is 0.239. The normalized spacial score (nSPS) is 14.8. The highest BCUT2D eigenvalue weighted by atomic mass is 32.2. The third kappa shape index (κ3) is 5.34. The third-order valence-electron chi connectivity index (χ3n) is 5.26. The molecule has 8 heteroatoms. The van der Waals surface area contributed by atoms with Gasteiger partial charge in [0.15, 0.2) is 0 Å². The van der Waals surface area contributed by atoms with Crippen LogP contribution in [-0.2, 0) is 16.1 Å². The van der Waals surface area contributed by atoms with Crippen LogP contribution in [0, 0.1) is 0 Å². The molecule has 0 fully saturated rings. The van der Waals surface area contributed by atoms with E-state index in [1.807, 2.05) is 61.5 Å². The molecule has 1 aromatic heterocycles. The number of hydrogen-bond acceptors (Lipinski definition) is 7. The second-order valence-electron chi connectivity index (χ2n) is 7.81. The summed E-state index contributed by atoms with van der Waals surface area (Å²) in [7, 11) is 0. The molecular weight excluding hydrogens is 448 g/mol. The highest BCUT2D eigenvalue weighted by Crippen LogP contribution is 2.37. The van der Waals surface area contributed by atoms with Crippen molar-refractivity contribution < 1.29 is 14.3 Å². The van der Waals surface area contributed by atoms with Crippen molar-refractivity contribution in [1.82, 2.24) is 14.8 Å². The Morgan fingerprint density at radius 1 is 1.21 bits per heavy atom. The number of aromatic nitrogens is 3. The van der Waals surface area contributed by atoms with Crippen molar-refractivity contribution in [3.05, 3.63) is 89.6 Å². The zero-order valence-corrected chi connectivity index (χ0v) is 20.2. The van der Waals surface area contributed by atoms with Crippen molar-refractivity contribution in [3.63, 3.8) is 0 Å². The average Bonchev–Trinajstić information content (AvgIpc) is 3.27. The van der Waals surface area contributed by atoms with Gasteiger partial charge in [0.05, 0.1) is 5.57 Å². The van der Waals surface area contributed by atoms with Crippen molar-refractivity contribution in [2.45, 2.75) is 38.1 Å². The van der Waals surface area contributed by atoms with E-state index in [-0.39, 0.29) is 6.61 Å². The van der Waals surface area contributed by atoms with Crippen LogP contribution in [0.5, 0.6) is 5.75 Å². The van der Waals surface area contributed by atoms with Gasteiger partial charge < -0.3 is 14.8 Å². The molecule has 7 nitrogen and oxygen atoms in total. The summed E-state index contributed by atoms with van der Waals surface area (Å²) in [6, 6.07) is 17.3. The lowest BCUT2D eigenvalue weighted by molar-refractivity contribution is -0.138. The largest absolute Gasteiger partial charge is 0.489 e. The van der Waals surface area contributed by atoms with Crippen LogP contribution < -0.4 is 10.1 Å². The van der Waals surface area contributed by atoms with Crippen LogP contribution in [0.2, 0.25) is 0 Å². The summed E-state index contributed by atoms with van der Waals surface area (Å²) < 4.78 is 13.1. The van der Waals surface area contributed by atoms with E-state index in [4.69, 9.17) is 14.6 Å². The van der Waals surface area contributed by atoms with Crippen LogP contribution in [0.4, 0.5) is 5.95 Å². The minimum absolute atomic E-state index is 0.135. The van der Waals surface area contributed by atoms with E-state index < -0.39 is 12.0 Å². The average molecular weight is 477 g/mol. The Hall–Kier alpha value is -3.52. The third-order valence-corrected chi connectivity index (χ3v) is 6.31. The lowest BCUT2D eigenvalue weighted by Gasteiger charge is -2.28. The van der Waals surface area contributed by atoms with Gasteiger partial charge in [-0.15, -0.1) is 5.10 Å². The number of carbonyl (C=O) groups is 1. The Balaban J connectivity index is 1.63. The molecule has 1 unspecified atom stereocenters. The Morgan fingerprint density at radius 2 is 1.97 bits per heavy atom. The van der Waals surface area contributed by atoms with Crippen LogP contribution in [0.1, 0.15) is 37.4 Å². The van der Waals surface area contributed by atoms with Gasteiger partial charge in [-0.1, -0.05) is 73.8 Å². The minimum atomic E-state index is -0.472. The van der Waals surface area contributed by atoms with E-state index in [0.29, 0.717) is 29.0 Å². The number of thioether (sulfide) groups is 1. The SMILES string of the molecule is C=CCOC(=O)C1=C(C)Nc2nc(SCCC)nn2C1c1ccc(OCc2ccccc2)cc1. The first-order valence-corrected chi connectivity index (χ1v) is 12.2. The molecule has 0 radical (unpaired) electrons. The topological polar surface area (TPSA) is 78.3 Å². The van der Waals surface area contributed by atoms with Crippen molar-refractivity contribution in [2.75, 3.05) is 17.7 Å². The van der Waals surface area contributed by atoms with Gasteiger partial charge in [-0.3, -0.25) is 0 Å². The van der Waals surface area contributed by atoms with Crippen molar-refractivity contribution in [1.29, 1.82) is 0 Å². The molecule has 1 N–H and O–H groups in total. The minimum Gasteiger partial charge on any atom is -0.489 e. The number of nitrogens with one attached hydrogen (secondary N) is 1. The molecule has 4 rings (SSSR count). The van der Waals surface area contributed by atoms with E-state index in [9.17, 15) is 4.79 Å². The summed E-state index contributed by atoms with van der Waals surface area (Å²) in [6.07, 6.45) is 2.57. The van der Waals surface area contributed by atoms with Gasteiger partial charge in [-0.2, -0.15) is 4.98 Å². The molecule has 1 atom stereocenters. The number of anilines is 1. The van der Waals surface area contributed by atoms with Crippen LogP contribution in [0.3, 0.4) is 0 Å². The smallest absolute Gasteiger partial charge is 0.338 e. The van der Waals surface area contributed by atoms with E-state index in [1.165, 1.54) is 0 Å². The van der Waals surface area contributed by atoms with Crippen LogP contribution in [0.25, 0.3) is 0 Å². The number of fused-ring (bicyclic) bond motifs is 1. The first kappa shape index (κ1) is 23.6. The Morgan fingerprint density at radius 3 is 2.68 bits per heavy atom. The molecule has 0 aliphatic carbocycles. The van der Waals surface area contributed by atoms with E-state index in [2.05, 4.69) is 23.8 Å². The second kappa shape index (κ2) is 11.1. The van der Waals surface area contributed by atoms with Gasteiger partial charge in [-0.25, -0.2) is 9.48 Å². The first-order chi connectivity index (χ1) is 16.6. The number of esters is 1. The van der Waals surface area contributed by atoms with Gasteiger partial charge >= 0.3 is 5.97 Å². The molecule has 34 heavy (non-hydrogen) atoms. The monoisotopic (exact) mass is 476 g/mol. The summed E-state index contributed by atoms with van der Waals surface area (Å²) in [5.74, 6) is 1.85. The highest BCUT2D eigenvalue weighted by molar-refractivity contribution is 7.99. The summed E-state index contributed by atoms with van der Waals surface area (Å²) in [4.78, 5) is 17.6. The van der Waals surface area contributed by atoms with Crippen LogP contribution in [-0.4, -0.2) is 33.1 Å². The Kier molecular flexibility index (Phi) is 7.69. The molecule has 0 saturated heterocycles. The van der Waals surface area contributed by atoms with Crippen molar-refractivity contribution in [2.24, 2.45) is 0 Å². The van der Waals surface area contributed by atoms with Gasteiger partial charge in [0.25, 0.3) is 0 Å². The lowest BCUT2D eigenvalue weighted by Crippen LogP contribution is -2.29. The molecule has 1 aliphatic heterocycles. The Labute approximate surface area is 203 Å². The number of allylic oxidation sites excluding steroid dienone is 1. The fourth-order valence-corrected chi connectivity index (χ4v) is 4.34. The number of carbonyl (C=O) groups excluding carboxylic acids is 1. The zero-order chi connectivity index (χ0) is 23.9. The zero-order valence-electron chi connectivity index (χ0n) is 19.4. The van der Waals surface area contributed by atoms with Crippen molar-refractivity contribution >= 4 is 23.7 Å².